The van der Waals surface area contributed by atoms with Crippen LogP contribution in [0.2, 0.25) is 5.02 Å². The van der Waals surface area contributed by atoms with Gasteiger partial charge in [0, 0.05) is 11.6 Å². The standard InChI is InChI=1S/C21H21BrClN3O2/c1-28-21(27)19(11-15-5-3-2-4-6-15)24-13-20-18(22)12-25-26(20)14-16-7-9-17(23)10-8-16/h2-10,12,19,24H,11,13-14H2,1H3/t19-/m0/s1. The molecule has 146 valence electrons. The third-order valence-electron chi connectivity index (χ3n) is 4.43. The molecule has 1 N–H and O–H groups in total. The van der Waals surface area contributed by atoms with Gasteiger partial charge in [0.1, 0.15) is 6.04 Å². The minimum atomic E-state index is -0.446. The molecule has 0 aliphatic carbocycles. The highest BCUT2D eigenvalue weighted by Crippen LogP contribution is 2.19. The van der Waals surface area contributed by atoms with E-state index in [0.717, 1.165) is 21.3 Å². The molecule has 0 amide bonds. The van der Waals surface area contributed by atoms with Gasteiger partial charge in [-0.1, -0.05) is 54.1 Å². The molecule has 0 fully saturated rings. The first-order valence-electron chi connectivity index (χ1n) is 8.86. The zero-order valence-electron chi connectivity index (χ0n) is 15.4. The molecular weight excluding hydrogens is 442 g/mol. The largest absolute Gasteiger partial charge is 0.468 e. The predicted molar refractivity (Wildman–Crippen MR) is 113 cm³/mol. The minimum absolute atomic E-state index is 0.288. The minimum Gasteiger partial charge on any atom is -0.468 e. The first-order valence-corrected chi connectivity index (χ1v) is 10.0. The molecule has 1 heterocycles. The lowest BCUT2D eigenvalue weighted by Gasteiger charge is -2.17. The predicted octanol–water partition coefficient (Wildman–Crippen LogP) is 4.22. The number of aromatic nitrogens is 2. The summed E-state index contributed by atoms with van der Waals surface area (Å²) in [5.74, 6) is -0.288. The van der Waals surface area contributed by atoms with Crippen molar-refractivity contribution in [3.05, 3.63) is 87.1 Å². The average Bonchev–Trinajstić information content (AvgIpc) is 3.06. The Bertz CT molecular complexity index is 913. The van der Waals surface area contributed by atoms with Crippen molar-refractivity contribution in [1.82, 2.24) is 15.1 Å². The summed E-state index contributed by atoms with van der Waals surface area (Å²) in [5, 5.41) is 8.45. The number of hydrogen-bond donors (Lipinski definition) is 1. The van der Waals surface area contributed by atoms with E-state index in [1.165, 1.54) is 7.11 Å². The van der Waals surface area contributed by atoms with Gasteiger partial charge in [-0.05, 0) is 45.6 Å². The zero-order chi connectivity index (χ0) is 19.9. The highest BCUT2D eigenvalue weighted by molar-refractivity contribution is 9.10. The average molecular weight is 463 g/mol. The first kappa shape index (κ1) is 20.6. The Morgan fingerprint density at radius 1 is 1.18 bits per heavy atom. The first-order chi connectivity index (χ1) is 13.6. The quantitative estimate of drug-likeness (QED) is 0.509. The maximum Gasteiger partial charge on any atom is 0.323 e. The molecule has 0 radical (unpaired) electrons. The number of hydrogen-bond acceptors (Lipinski definition) is 4. The molecule has 0 saturated heterocycles. The van der Waals surface area contributed by atoms with Crippen molar-refractivity contribution in [2.45, 2.75) is 25.6 Å². The van der Waals surface area contributed by atoms with Gasteiger partial charge >= 0.3 is 5.97 Å². The Labute approximate surface area is 177 Å². The Kier molecular flexibility index (Phi) is 7.25. The van der Waals surface area contributed by atoms with Gasteiger partial charge in [0.15, 0.2) is 0 Å². The second-order valence-corrected chi connectivity index (χ2v) is 7.66. The third-order valence-corrected chi connectivity index (χ3v) is 5.34. The molecule has 7 heteroatoms. The van der Waals surface area contributed by atoms with Crippen LogP contribution in [-0.4, -0.2) is 28.9 Å². The second-order valence-electron chi connectivity index (χ2n) is 6.37. The summed E-state index contributed by atoms with van der Waals surface area (Å²) in [6.07, 6.45) is 2.31. The molecule has 0 spiro atoms. The van der Waals surface area contributed by atoms with Crippen LogP contribution in [0.3, 0.4) is 0 Å². The van der Waals surface area contributed by atoms with E-state index in [4.69, 9.17) is 16.3 Å². The van der Waals surface area contributed by atoms with Crippen LogP contribution in [-0.2, 0) is 29.0 Å². The molecule has 0 bridgehead atoms. The van der Waals surface area contributed by atoms with Crippen molar-refractivity contribution in [1.29, 1.82) is 0 Å². The van der Waals surface area contributed by atoms with E-state index in [9.17, 15) is 4.79 Å². The highest BCUT2D eigenvalue weighted by Gasteiger charge is 2.20. The van der Waals surface area contributed by atoms with Crippen molar-refractivity contribution in [2.75, 3.05) is 7.11 Å². The molecule has 1 aromatic heterocycles. The summed E-state index contributed by atoms with van der Waals surface area (Å²) in [5.41, 5.74) is 3.12. The molecule has 5 nitrogen and oxygen atoms in total. The number of carbonyl (C=O) groups is 1. The number of methoxy groups -OCH3 is 1. The summed E-state index contributed by atoms with van der Waals surface area (Å²) < 4.78 is 7.76. The lowest BCUT2D eigenvalue weighted by Crippen LogP contribution is -2.39. The second kappa shape index (κ2) is 9.87. The maximum atomic E-state index is 12.2. The maximum absolute atomic E-state index is 12.2. The summed E-state index contributed by atoms with van der Waals surface area (Å²) >= 11 is 9.51. The van der Waals surface area contributed by atoms with Crippen LogP contribution < -0.4 is 5.32 Å². The molecule has 0 aliphatic rings. The van der Waals surface area contributed by atoms with Crippen molar-refractivity contribution >= 4 is 33.5 Å². The summed E-state index contributed by atoms with van der Waals surface area (Å²) in [7, 11) is 1.41. The van der Waals surface area contributed by atoms with Gasteiger partial charge in [0.25, 0.3) is 0 Å². The number of benzene rings is 2. The zero-order valence-corrected chi connectivity index (χ0v) is 17.8. The molecule has 0 unspecified atom stereocenters. The normalized spacial score (nSPS) is 12.0. The van der Waals surface area contributed by atoms with Crippen molar-refractivity contribution in [3.8, 4) is 0 Å². The Balaban J connectivity index is 1.71. The van der Waals surface area contributed by atoms with E-state index < -0.39 is 6.04 Å². The number of ether oxygens (including phenoxy) is 1. The summed E-state index contributed by atoms with van der Waals surface area (Å²) in [6, 6.07) is 17.1. The molecule has 3 aromatic rings. The van der Waals surface area contributed by atoms with Crippen LogP contribution in [0, 0.1) is 0 Å². The van der Waals surface area contributed by atoms with E-state index in [2.05, 4.69) is 26.3 Å². The molecular formula is C21H21BrClN3O2. The van der Waals surface area contributed by atoms with Crippen LogP contribution in [0.1, 0.15) is 16.8 Å². The molecule has 1 atom stereocenters. The van der Waals surface area contributed by atoms with Crippen LogP contribution in [0.4, 0.5) is 0 Å². The van der Waals surface area contributed by atoms with Crippen molar-refractivity contribution < 1.29 is 9.53 Å². The van der Waals surface area contributed by atoms with E-state index in [1.807, 2.05) is 59.3 Å². The topological polar surface area (TPSA) is 56.1 Å². The monoisotopic (exact) mass is 461 g/mol. The van der Waals surface area contributed by atoms with Crippen LogP contribution in [0.15, 0.2) is 65.3 Å². The molecule has 0 aliphatic heterocycles. The number of halogens is 2. The van der Waals surface area contributed by atoms with E-state index in [1.54, 1.807) is 6.20 Å². The fraction of sp³-hybridized carbons (Fsp3) is 0.238. The summed E-state index contributed by atoms with van der Waals surface area (Å²) in [6.45, 7) is 1.09. The fourth-order valence-corrected chi connectivity index (χ4v) is 3.48. The third kappa shape index (κ3) is 5.44. The van der Waals surface area contributed by atoms with Gasteiger partial charge in [0.05, 0.1) is 30.0 Å². The lowest BCUT2D eigenvalue weighted by atomic mass is 10.1. The van der Waals surface area contributed by atoms with Gasteiger partial charge in [-0.15, -0.1) is 0 Å². The van der Waals surface area contributed by atoms with Gasteiger partial charge in [-0.2, -0.15) is 5.10 Å². The number of nitrogens with zero attached hydrogens (tertiary/aromatic N) is 2. The Hall–Kier alpha value is -2.15. The number of nitrogens with one attached hydrogen (secondary N) is 1. The number of carbonyl (C=O) groups excluding carboxylic acids is 1. The lowest BCUT2D eigenvalue weighted by molar-refractivity contribution is -0.143. The van der Waals surface area contributed by atoms with Crippen molar-refractivity contribution in [2.24, 2.45) is 0 Å². The Morgan fingerprint density at radius 2 is 1.89 bits per heavy atom. The summed E-state index contributed by atoms with van der Waals surface area (Å²) in [4.78, 5) is 12.2. The SMILES string of the molecule is COC(=O)[C@H](Cc1ccccc1)NCc1c(Br)cnn1Cc1ccc(Cl)cc1. The molecule has 0 saturated carbocycles. The van der Waals surface area contributed by atoms with E-state index in [-0.39, 0.29) is 5.97 Å². The fourth-order valence-electron chi connectivity index (χ4n) is 2.91. The Morgan fingerprint density at radius 3 is 2.57 bits per heavy atom. The van der Waals surface area contributed by atoms with Gasteiger partial charge < -0.3 is 4.74 Å². The van der Waals surface area contributed by atoms with Gasteiger partial charge in [0.2, 0.25) is 0 Å². The molecule has 3 rings (SSSR count). The van der Waals surface area contributed by atoms with Crippen molar-refractivity contribution in [3.63, 3.8) is 0 Å². The number of rotatable bonds is 8. The van der Waals surface area contributed by atoms with Gasteiger partial charge in [-0.25, -0.2) is 0 Å². The van der Waals surface area contributed by atoms with Crippen LogP contribution in [0.25, 0.3) is 0 Å². The van der Waals surface area contributed by atoms with Gasteiger partial charge in [-0.3, -0.25) is 14.8 Å². The molecule has 2 aromatic carbocycles. The van der Waals surface area contributed by atoms with Crippen LogP contribution >= 0.6 is 27.5 Å². The van der Waals surface area contributed by atoms with E-state index >= 15 is 0 Å². The highest BCUT2D eigenvalue weighted by atomic mass is 79.9. The van der Waals surface area contributed by atoms with Crippen LogP contribution in [0.5, 0.6) is 0 Å². The molecule has 28 heavy (non-hydrogen) atoms. The number of esters is 1. The smallest absolute Gasteiger partial charge is 0.323 e. The van der Waals surface area contributed by atoms with E-state index in [0.29, 0.717) is 24.5 Å².